The van der Waals surface area contributed by atoms with Gasteiger partial charge in [-0.15, -0.1) is 0 Å². The van der Waals surface area contributed by atoms with Crippen molar-refractivity contribution >= 4 is 29.1 Å². The zero-order valence-electron chi connectivity index (χ0n) is 22.9. The number of likely N-dealkylation sites (N-methyl/N-ethyl adjacent to an activating group) is 1. The van der Waals surface area contributed by atoms with Gasteiger partial charge in [0.25, 0.3) is 11.8 Å². The lowest BCUT2D eigenvalue weighted by atomic mass is 10.0. The van der Waals surface area contributed by atoms with E-state index in [9.17, 15) is 23.2 Å². The molecule has 2 aromatic carbocycles. The van der Waals surface area contributed by atoms with E-state index >= 15 is 0 Å². The van der Waals surface area contributed by atoms with Crippen LogP contribution in [0.4, 0.5) is 20.2 Å². The molecule has 0 unspecified atom stereocenters. The van der Waals surface area contributed by atoms with Crippen LogP contribution in [0.15, 0.2) is 60.8 Å². The molecule has 1 saturated heterocycles. The molecule has 1 aliphatic rings. The molecule has 3 amide bonds. The number of hydrogen-bond acceptors (Lipinski definition) is 6. The molecular formula is C29H33F2N7O3. The second kappa shape index (κ2) is 13.8. The fourth-order valence-electron chi connectivity index (χ4n) is 4.51. The molecule has 0 atom stereocenters. The number of benzene rings is 2. The summed E-state index contributed by atoms with van der Waals surface area (Å²) in [5, 5.41) is 14.6. The summed E-state index contributed by atoms with van der Waals surface area (Å²) in [6.45, 7) is 2.86. The van der Waals surface area contributed by atoms with Crippen LogP contribution in [-0.4, -0.2) is 77.5 Å². The zero-order valence-corrected chi connectivity index (χ0v) is 22.9. The van der Waals surface area contributed by atoms with Crippen LogP contribution in [0.3, 0.4) is 0 Å². The molecule has 0 spiro atoms. The smallest absolute Gasteiger partial charge is 0.274 e. The Bertz CT molecular complexity index is 1390. The van der Waals surface area contributed by atoms with E-state index < -0.39 is 29.0 Å². The van der Waals surface area contributed by atoms with E-state index in [0.717, 1.165) is 42.5 Å². The monoisotopic (exact) mass is 565 g/mol. The first-order valence-corrected chi connectivity index (χ1v) is 13.2. The Labute approximate surface area is 236 Å². The maximum absolute atomic E-state index is 14.0. The maximum Gasteiger partial charge on any atom is 0.274 e. The number of rotatable bonds is 10. The van der Waals surface area contributed by atoms with Crippen molar-refractivity contribution in [3.8, 4) is 0 Å². The van der Waals surface area contributed by atoms with Crippen LogP contribution >= 0.6 is 0 Å². The molecule has 0 radical (unpaired) electrons. The highest BCUT2D eigenvalue weighted by Crippen LogP contribution is 2.20. The number of hydrogen-bond donors (Lipinski definition) is 4. The maximum atomic E-state index is 14.0. The number of carbonyl (C=O) groups is 3. The predicted molar refractivity (Wildman–Crippen MR) is 151 cm³/mol. The van der Waals surface area contributed by atoms with Crippen LogP contribution < -0.4 is 16.0 Å². The normalized spacial score (nSPS) is 14.4. The van der Waals surface area contributed by atoms with Crippen molar-refractivity contribution in [2.24, 2.45) is 0 Å². The first kappa shape index (κ1) is 29.6. The van der Waals surface area contributed by atoms with Gasteiger partial charge in [0.15, 0.2) is 5.69 Å². The number of likely N-dealkylation sites (tertiary alicyclic amines) is 1. The van der Waals surface area contributed by atoms with Gasteiger partial charge in [0, 0.05) is 50.2 Å². The van der Waals surface area contributed by atoms with E-state index in [1.165, 1.54) is 12.3 Å². The van der Waals surface area contributed by atoms with Gasteiger partial charge in [-0.05, 0) is 56.8 Å². The summed E-state index contributed by atoms with van der Waals surface area (Å²) in [5.74, 6) is -3.72. The summed E-state index contributed by atoms with van der Waals surface area (Å²) < 4.78 is 27.9. The molecule has 216 valence electrons. The Morgan fingerprint density at radius 3 is 2.46 bits per heavy atom. The van der Waals surface area contributed by atoms with Crippen molar-refractivity contribution in [1.82, 2.24) is 25.3 Å². The van der Waals surface area contributed by atoms with Crippen molar-refractivity contribution < 1.29 is 23.2 Å². The van der Waals surface area contributed by atoms with Crippen molar-refractivity contribution in [3.05, 3.63) is 89.3 Å². The molecule has 0 aliphatic carbocycles. The Balaban J connectivity index is 1.26. The molecule has 10 nitrogen and oxygen atoms in total. The molecule has 1 fully saturated rings. The van der Waals surface area contributed by atoms with Crippen molar-refractivity contribution in [2.75, 3.05) is 44.4 Å². The van der Waals surface area contributed by atoms with Crippen LogP contribution in [0, 0.1) is 11.6 Å². The number of amides is 3. The predicted octanol–water partition coefficient (Wildman–Crippen LogP) is 3.39. The van der Waals surface area contributed by atoms with Crippen molar-refractivity contribution in [3.63, 3.8) is 0 Å². The first-order chi connectivity index (χ1) is 19.7. The molecule has 0 saturated carbocycles. The first-order valence-electron chi connectivity index (χ1n) is 13.2. The number of halogens is 2. The molecular weight excluding hydrogens is 532 g/mol. The highest BCUT2D eigenvalue weighted by atomic mass is 19.1. The third-order valence-corrected chi connectivity index (χ3v) is 6.56. The fourth-order valence-corrected chi connectivity index (χ4v) is 4.51. The zero-order chi connectivity index (χ0) is 29.4. The fraction of sp³-hybridized carbons (Fsp3) is 0.310. The minimum atomic E-state index is -1.02. The average Bonchev–Trinajstić information content (AvgIpc) is 3.38. The molecule has 1 aromatic heterocycles. The summed E-state index contributed by atoms with van der Waals surface area (Å²) in [4.78, 5) is 41.7. The quantitative estimate of drug-likeness (QED) is 0.280. The second-order valence-corrected chi connectivity index (χ2v) is 10.1. The van der Waals surface area contributed by atoms with Gasteiger partial charge in [-0.1, -0.05) is 24.3 Å². The summed E-state index contributed by atoms with van der Waals surface area (Å²) in [6, 6.07) is 10.7. The minimum absolute atomic E-state index is 0.0211. The summed E-state index contributed by atoms with van der Waals surface area (Å²) in [6.07, 6.45) is 6.01. The standard InChI is InChI=1S/C29H33F2N7O3/c1-37(2)13-5-10-25(39)33-21-7-3-6-19(16-21)18-38-14-11-20(12-15-38)34-29(41)27-24(17-32-36-27)35-28(40)26-22(30)8-4-9-23(26)31/h3-10,16-17,20H,11-15,18H2,1-2H3,(H,32,36)(H,33,39)(H,34,41)(H,35,40)/b10-5+. The summed E-state index contributed by atoms with van der Waals surface area (Å²) in [7, 11) is 3.86. The van der Waals surface area contributed by atoms with E-state index in [1.807, 2.05) is 43.3 Å². The van der Waals surface area contributed by atoms with E-state index in [4.69, 9.17) is 0 Å². The number of piperidine rings is 1. The van der Waals surface area contributed by atoms with Crippen LogP contribution in [-0.2, 0) is 11.3 Å². The number of H-pyrrole nitrogens is 1. The molecule has 12 heteroatoms. The van der Waals surface area contributed by atoms with Gasteiger partial charge in [-0.25, -0.2) is 8.78 Å². The third-order valence-electron chi connectivity index (χ3n) is 6.56. The second-order valence-electron chi connectivity index (χ2n) is 10.1. The summed E-state index contributed by atoms with van der Waals surface area (Å²) in [5.41, 5.74) is 0.993. The Kier molecular flexibility index (Phi) is 9.93. The highest BCUT2D eigenvalue weighted by Gasteiger charge is 2.25. The van der Waals surface area contributed by atoms with Crippen LogP contribution in [0.2, 0.25) is 0 Å². The van der Waals surface area contributed by atoms with Gasteiger partial charge < -0.3 is 20.9 Å². The topological polar surface area (TPSA) is 122 Å². The van der Waals surface area contributed by atoms with Gasteiger partial charge in [0.1, 0.15) is 17.2 Å². The highest BCUT2D eigenvalue weighted by molar-refractivity contribution is 6.08. The SMILES string of the molecule is CN(C)C/C=C/C(=O)Nc1cccc(CN2CCC(NC(=O)c3n[nH]cc3NC(=O)c3c(F)cccc3F)CC2)c1. The van der Waals surface area contributed by atoms with Gasteiger partial charge in [-0.2, -0.15) is 5.10 Å². The Morgan fingerprint density at radius 1 is 1.05 bits per heavy atom. The molecule has 4 N–H and O–H groups in total. The van der Waals surface area contributed by atoms with Crippen LogP contribution in [0.5, 0.6) is 0 Å². The number of anilines is 2. The Hall–Kier alpha value is -4.42. The van der Waals surface area contributed by atoms with Crippen LogP contribution in [0.1, 0.15) is 39.3 Å². The molecule has 41 heavy (non-hydrogen) atoms. The summed E-state index contributed by atoms with van der Waals surface area (Å²) >= 11 is 0. The van der Waals surface area contributed by atoms with E-state index in [2.05, 4.69) is 31.0 Å². The largest absolute Gasteiger partial charge is 0.348 e. The average molecular weight is 566 g/mol. The lowest BCUT2D eigenvalue weighted by Crippen LogP contribution is -2.44. The van der Waals surface area contributed by atoms with E-state index in [0.29, 0.717) is 25.9 Å². The van der Waals surface area contributed by atoms with Gasteiger partial charge in [-0.3, -0.25) is 24.4 Å². The van der Waals surface area contributed by atoms with Crippen molar-refractivity contribution in [2.45, 2.75) is 25.4 Å². The molecule has 0 bridgehead atoms. The number of nitrogens with one attached hydrogen (secondary N) is 4. The number of nitrogens with zero attached hydrogens (tertiary/aromatic N) is 3. The number of aromatic nitrogens is 2. The lowest BCUT2D eigenvalue weighted by Gasteiger charge is -2.32. The number of carbonyl (C=O) groups excluding carboxylic acids is 3. The number of aromatic amines is 1. The van der Waals surface area contributed by atoms with E-state index in [1.54, 1.807) is 6.08 Å². The van der Waals surface area contributed by atoms with Gasteiger partial charge >= 0.3 is 0 Å². The molecule has 4 rings (SSSR count). The molecule has 3 aromatic rings. The van der Waals surface area contributed by atoms with Crippen molar-refractivity contribution in [1.29, 1.82) is 0 Å². The molecule has 1 aliphatic heterocycles. The van der Waals surface area contributed by atoms with Crippen LogP contribution in [0.25, 0.3) is 0 Å². The minimum Gasteiger partial charge on any atom is -0.348 e. The third kappa shape index (κ3) is 8.29. The molecule has 2 heterocycles. The van der Waals surface area contributed by atoms with E-state index in [-0.39, 0.29) is 23.3 Å². The van der Waals surface area contributed by atoms with Gasteiger partial charge in [0.2, 0.25) is 5.91 Å². The lowest BCUT2D eigenvalue weighted by molar-refractivity contribution is -0.111. The Morgan fingerprint density at radius 2 is 1.76 bits per heavy atom. The van der Waals surface area contributed by atoms with Gasteiger partial charge in [0.05, 0.1) is 5.69 Å².